The Morgan fingerprint density at radius 1 is 1.40 bits per heavy atom. The van der Waals surface area contributed by atoms with Crippen LogP contribution in [0.2, 0.25) is 0 Å². The van der Waals surface area contributed by atoms with Crippen molar-refractivity contribution in [2.24, 2.45) is 12.8 Å². The fourth-order valence-corrected chi connectivity index (χ4v) is 2.07. The summed E-state index contributed by atoms with van der Waals surface area (Å²) < 4.78 is 7.53. The first-order valence-corrected chi connectivity index (χ1v) is 5.00. The average Bonchev–Trinajstić information content (AvgIpc) is 2.55. The van der Waals surface area contributed by atoms with Crippen molar-refractivity contribution < 1.29 is 4.74 Å². The second-order valence-electron chi connectivity index (χ2n) is 3.78. The number of aryl methyl sites for hydroxylation is 2. The van der Waals surface area contributed by atoms with Gasteiger partial charge in [-0.25, -0.2) is 0 Å². The monoisotopic (exact) mass is 204 g/mol. The molecular weight excluding hydrogens is 188 g/mol. The molecule has 0 aliphatic rings. The van der Waals surface area contributed by atoms with Crippen molar-refractivity contribution in [3.8, 4) is 5.75 Å². The Balaban J connectivity index is 2.88. The third-order valence-corrected chi connectivity index (χ3v) is 2.81. The van der Waals surface area contributed by atoms with Crippen molar-refractivity contribution in [2.45, 2.75) is 13.5 Å². The number of benzene rings is 1. The Kier molecular flexibility index (Phi) is 2.40. The van der Waals surface area contributed by atoms with Crippen LogP contribution in [0.25, 0.3) is 10.9 Å². The van der Waals surface area contributed by atoms with E-state index in [1.54, 1.807) is 7.11 Å². The van der Waals surface area contributed by atoms with Crippen LogP contribution >= 0.6 is 0 Å². The highest BCUT2D eigenvalue weighted by Crippen LogP contribution is 2.32. The van der Waals surface area contributed by atoms with Crippen LogP contribution in [0.5, 0.6) is 5.75 Å². The number of nitrogens with two attached hydrogens (primary N) is 1. The van der Waals surface area contributed by atoms with Crippen LogP contribution in [0.1, 0.15) is 11.1 Å². The number of aromatic nitrogens is 1. The van der Waals surface area contributed by atoms with Crippen LogP contribution in [-0.4, -0.2) is 11.7 Å². The molecule has 0 aliphatic carbocycles. The number of ether oxygens (including phenoxy) is 1. The average molecular weight is 204 g/mol. The minimum Gasteiger partial charge on any atom is -0.496 e. The minimum absolute atomic E-state index is 0.539. The van der Waals surface area contributed by atoms with Crippen molar-refractivity contribution >= 4 is 10.9 Å². The summed E-state index contributed by atoms with van der Waals surface area (Å²) in [6.07, 6.45) is 2.06. The molecule has 0 saturated carbocycles. The maximum Gasteiger partial charge on any atom is 0.131 e. The molecule has 2 N–H and O–H groups in total. The standard InChI is InChI=1S/C12H16N2O/c1-8-4-5-10-11(12(8)15-3)9(6-13)7-14(10)2/h4-5,7H,6,13H2,1-3H3. The number of hydrogen-bond acceptors (Lipinski definition) is 2. The van der Waals surface area contributed by atoms with E-state index in [-0.39, 0.29) is 0 Å². The fourth-order valence-electron chi connectivity index (χ4n) is 2.07. The zero-order valence-corrected chi connectivity index (χ0v) is 9.37. The van der Waals surface area contributed by atoms with Gasteiger partial charge in [0.1, 0.15) is 5.75 Å². The maximum atomic E-state index is 5.73. The van der Waals surface area contributed by atoms with E-state index in [0.717, 1.165) is 27.8 Å². The largest absolute Gasteiger partial charge is 0.496 e. The highest BCUT2D eigenvalue weighted by atomic mass is 16.5. The summed E-state index contributed by atoms with van der Waals surface area (Å²) in [5.41, 5.74) is 9.18. The van der Waals surface area contributed by atoms with E-state index in [2.05, 4.69) is 22.9 Å². The molecule has 0 bridgehead atoms. The molecule has 0 radical (unpaired) electrons. The van der Waals surface area contributed by atoms with E-state index in [1.807, 2.05) is 14.0 Å². The van der Waals surface area contributed by atoms with Crippen molar-refractivity contribution in [3.05, 3.63) is 29.5 Å². The van der Waals surface area contributed by atoms with Crippen LogP contribution in [0.15, 0.2) is 18.3 Å². The first kappa shape index (κ1) is 10.1. The SMILES string of the molecule is COc1c(C)ccc2c1c(CN)cn2C. The van der Waals surface area contributed by atoms with E-state index < -0.39 is 0 Å². The molecule has 80 valence electrons. The van der Waals surface area contributed by atoms with E-state index >= 15 is 0 Å². The Bertz CT molecular complexity index is 500. The molecule has 0 amide bonds. The summed E-state index contributed by atoms with van der Waals surface area (Å²) in [4.78, 5) is 0. The predicted octanol–water partition coefficient (Wildman–Crippen LogP) is 1.95. The third kappa shape index (κ3) is 1.39. The lowest BCUT2D eigenvalue weighted by Gasteiger charge is -2.07. The molecule has 0 spiro atoms. The molecule has 0 saturated heterocycles. The molecule has 3 nitrogen and oxygen atoms in total. The van der Waals surface area contributed by atoms with Gasteiger partial charge in [-0.2, -0.15) is 0 Å². The van der Waals surface area contributed by atoms with Crippen LogP contribution in [0.4, 0.5) is 0 Å². The number of methoxy groups -OCH3 is 1. The number of rotatable bonds is 2. The van der Waals surface area contributed by atoms with Gasteiger partial charge in [0.2, 0.25) is 0 Å². The number of nitrogens with zero attached hydrogens (tertiary/aromatic N) is 1. The predicted molar refractivity (Wildman–Crippen MR) is 62.1 cm³/mol. The molecule has 2 rings (SSSR count). The topological polar surface area (TPSA) is 40.2 Å². The summed E-state index contributed by atoms with van der Waals surface area (Å²) in [6, 6.07) is 4.17. The first-order chi connectivity index (χ1) is 7.19. The van der Waals surface area contributed by atoms with Gasteiger partial charge in [0, 0.05) is 25.2 Å². The Labute approximate surface area is 89.4 Å². The lowest BCUT2D eigenvalue weighted by Crippen LogP contribution is -1.96. The van der Waals surface area contributed by atoms with Crippen LogP contribution in [0, 0.1) is 6.92 Å². The summed E-state index contributed by atoms with van der Waals surface area (Å²) in [6.45, 7) is 2.59. The quantitative estimate of drug-likeness (QED) is 0.812. The van der Waals surface area contributed by atoms with Gasteiger partial charge in [-0.05, 0) is 24.1 Å². The second-order valence-corrected chi connectivity index (χ2v) is 3.78. The third-order valence-electron chi connectivity index (χ3n) is 2.81. The molecule has 2 aromatic rings. The Morgan fingerprint density at radius 3 is 2.73 bits per heavy atom. The molecule has 0 fully saturated rings. The number of hydrogen-bond donors (Lipinski definition) is 1. The first-order valence-electron chi connectivity index (χ1n) is 5.00. The zero-order chi connectivity index (χ0) is 11.0. The molecular formula is C12H16N2O. The normalized spacial score (nSPS) is 10.9. The molecule has 1 aromatic carbocycles. The molecule has 0 aliphatic heterocycles. The Morgan fingerprint density at radius 2 is 2.13 bits per heavy atom. The highest BCUT2D eigenvalue weighted by Gasteiger charge is 2.12. The minimum atomic E-state index is 0.539. The van der Waals surface area contributed by atoms with Crippen molar-refractivity contribution in [1.82, 2.24) is 4.57 Å². The van der Waals surface area contributed by atoms with Crippen molar-refractivity contribution in [3.63, 3.8) is 0 Å². The van der Waals surface area contributed by atoms with Gasteiger partial charge in [0.15, 0.2) is 0 Å². The second kappa shape index (κ2) is 3.59. The van der Waals surface area contributed by atoms with E-state index in [0.29, 0.717) is 6.54 Å². The molecule has 0 unspecified atom stereocenters. The maximum absolute atomic E-state index is 5.73. The van der Waals surface area contributed by atoms with Gasteiger partial charge in [-0.15, -0.1) is 0 Å². The molecule has 1 heterocycles. The zero-order valence-electron chi connectivity index (χ0n) is 9.37. The summed E-state index contributed by atoms with van der Waals surface area (Å²) in [5.74, 6) is 0.938. The summed E-state index contributed by atoms with van der Waals surface area (Å²) in [5, 5.41) is 1.14. The summed E-state index contributed by atoms with van der Waals surface area (Å²) in [7, 11) is 3.73. The molecule has 1 aromatic heterocycles. The van der Waals surface area contributed by atoms with Gasteiger partial charge < -0.3 is 15.0 Å². The van der Waals surface area contributed by atoms with E-state index in [4.69, 9.17) is 10.5 Å². The van der Waals surface area contributed by atoms with Crippen LogP contribution < -0.4 is 10.5 Å². The molecule has 3 heteroatoms. The van der Waals surface area contributed by atoms with Crippen molar-refractivity contribution in [2.75, 3.05) is 7.11 Å². The van der Waals surface area contributed by atoms with Gasteiger partial charge in [-0.3, -0.25) is 0 Å². The molecule has 0 atom stereocenters. The van der Waals surface area contributed by atoms with Gasteiger partial charge in [-0.1, -0.05) is 6.07 Å². The molecule has 15 heavy (non-hydrogen) atoms. The lowest BCUT2D eigenvalue weighted by atomic mass is 10.1. The number of fused-ring (bicyclic) bond motifs is 1. The Hall–Kier alpha value is -1.48. The van der Waals surface area contributed by atoms with Gasteiger partial charge >= 0.3 is 0 Å². The van der Waals surface area contributed by atoms with E-state index in [9.17, 15) is 0 Å². The van der Waals surface area contributed by atoms with Crippen LogP contribution in [-0.2, 0) is 13.6 Å². The lowest BCUT2D eigenvalue weighted by molar-refractivity contribution is 0.416. The van der Waals surface area contributed by atoms with E-state index in [1.165, 1.54) is 0 Å². The smallest absolute Gasteiger partial charge is 0.131 e. The van der Waals surface area contributed by atoms with Gasteiger partial charge in [0.25, 0.3) is 0 Å². The van der Waals surface area contributed by atoms with Crippen molar-refractivity contribution in [1.29, 1.82) is 0 Å². The fraction of sp³-hybridized carbons (Fsp3) is 0.333. The highest BCUT2D eigenvalue weighted by molar-refractivity contribution is 5.91. The van der Waals surface area contributed by atoms with Crippen LogP contribution in [0.3, 0.4) is 0 Å². The summed E-state index contributed by atoms with van der Waals surface area (Å²) >= 11 is 0. The van der Waals surface area contributed by atoms with Gasteiger partial charge in [0.05, 0.1) is 12.6 Å².